The van der Waals surface area contributed by atoms with Crippen LogP contribution in [0, 0.1) is 0 Å². The van der Waals surface area contributed by atoms with E-state index in [-0.39, 0.29) is 5.97 Å². The Hall–Kier alpha value is -1.58. The summed E-state index contributed by atoms with van der Waals surface area (Å²) in [6, 6.07) is 8.68. The molecule has 2 fully saturated rings. The first kappa shape index (κ1) is 13.8. The third-order valence-electron chi connectivity index (χ3n) is 5.85. The van der Waals surface area contributed by atoms with Gasteiger partial charge in [-0.1, -0.05) is 30.2 Å². The molecule has 1 aliphatic carbocycles. The van der Waals surface area contributed by atoms with E-state index in [9.17, 15) is 4.79 Å². The molecular formula is C19H18ClNO2. The molecule has 3 heterocycles. The first-order valence-corrected chi connectivity index (χ1v) is 8.74. The molecule has 1 aromatic rings. The zero-order valence-electron chi connectivity index (χ0n) is 12.8. The summed E-state index contributed by atoms with van der Waals surface area (Å²) in [6.45, 7) is 1.08. The highest BCUT2D eigenvalue weighted by molar-refractivity contribution is 6.30. The second-order valence-corrected chi connectivity index (χ2v) is 7.43. The van der Waals surface area contributed by atoms with Crippen LogP contribution in [0.5, 0.6) is 0 Å². The van der Waals surface area contributed by atoms with Gasteiger partial charge >= 0.3 is 5.97 Å². The lowest BCUT2D eigenvalue weighted by Gasteiger charge is -2.37. The van der Waals surface area contributed by atoms with E-state index in [4.69, 9.17) is 16.3 Å². The number of hydrogen-bond acceptors (Lipinski definition) is 3. The molecule has 5 rings (SSSR count). The van der Waals surface area contributed by atoms with Crippen molar-refractivity contribution in [3.63, 3.8) is 0 Å². The van der Waals surface area contributed by atoms with Gasteiger partial charge in [0, 0.05) is 29.1 Å². The Labute approximate surface area is 140 Å². The van der Waals surface area contributed by atoms with Gasteiger partial charge in [-0.2, -0.15) is 0 Å². The Morgan fingerprint density at radius 2 is 2.17 bits per heavy atom. The van der Waals surface area contributed by atoms with Crippen LogP contribution >= 0.6 is 11.6 Å². The second-order valence-electron chi connectivity index (χ2n) is 6.99. The highest BCUT2D eigenvalue weighted by Gasteiger charge is 2.61. The number of nitrogens with zero attached hydrogens (tertiary/aromatic N) is 1. The number of hydrogen-bond donors (Lipinski definition) is 0. The van der Waals surface area contributed by atoms with Crippen LogP contribution in [-0.4, -0.2) is 35.1 Å². The van der Waals surface area contributed by atoms with Crippen LogP contribution in [0.1, 0.15) is 31.2 Å². The fourth-order valence-electron chi connectivity index (χ4n) is 4.97. The molecule has 0 amide bonds. The van der Waals surface area contributed by atoms with Crippen molar-refractivity contribution < 1.29 is 9.53 Å². The van der Waals surface area contributed by atoms with Crippen molar-refractivity contribution in [2.45, 2.75) is 43.4 Å². The summed E-state index contributed by atoms with van der Waals surface area (Å²) in [6.07, 6.45) is 8.30. The Bertz CT molecular complexity index is 768. The van der Waals surface area contributed by atoms with E-state index in [1.165, 1.54) is 18.4 Å². The molecule has 4 aliphatic rings. The number of ether oxygens (including phenoxy) is 1. The first-order chi connectivity index (χ1) is 11.2. The maximum absolute atomic E-state index is 12.0. The number of halogens is 1. The summed E-state index contributed by atoms with van der Waals surface area (Å²) in [5.41, 5.74) is 3.09. The summed E-state index contributed by atoms with van der Waals surface area (Å²) in [5.74, 6) is -0.185. The van der Waals surface area contributed by atoms with E-state index >= 15 is 0 Å². The molecule has 1 spiro atoms. The van der Waals surface area contributed by atoms with Crippen LogP contribution < -0.4 is 0 Å². The van der Waals surface area contributed by atoms with E-state index in [0.29, 0.717) is 12.1 Å². The molecule has 3 aliphatic heterocycles. The number of esters is 1. The maximum Gasteiger partial charge on any atom is 0.332 e. The van der Waals surface area contributed by atoms with E-state index in [1.54, 1.807) is 6.08 Å². The highest BCUT2D eigenvalue weighted by atomic mass is 35.5. The van der Waals surface area contributed by atoms with Gasteiger partial charge in [0.05, 0.1) is 6.04 Å². The van der Waals surface area contributed by atoms with Gasteiger partial charge in [0.2, 0.25) is 0 Å². The van der Waals surface area contributed by atoms with Crippen LogP contribution in [-0.2, 0) is 9.53 Å². The minimum absolute atomic E-state index is 0.185. The minimum atomic E-state index is -0.399. The van der Waals surface area contributed by atoms with Crippen LogP contribution in [0.25, 0.3) is 5.57 Å². The van der Waals surface area contributed by atoms with E-state index in [1.807, 2.05) is 18.2 Å². The molecule has 2 saturated heterocycles. The third-order valence-corrected chi connectivity index (χ3v) is 6.09. The van der Waals surface area contributed by atoms with Crippen molar-refractivity contribution in [3.8, 4) is 0 Å². The van der Waals surface area contributed by atoms with Gasteiger partial charge in [-0.25, -0.2) is 4.79 Å². The molecule has 0 aromatic heterocycles. The lowest BCUT2D eigenvalue weighted by atomic mass is 9.77. The van der Waals surface area contributed by atoms with Gasteiger partial charge in [0.15, 0.2) is 5.60 Å². The topological polar surface area (TPSA) is 29.5 Å². The van der Waals surface area contributed by atoms with Crippen molar-refractivity contribution in [2.24, 2.45) is 0 Å². The number of rotatable bonds is 1. The second kappa shape index (κ2) is 4.71. The summed E-state index contributed by atoms with van der Waals surface area (Å²) in [7, 11) is 0. The average molecular weight is 328 g/mol. The number of piperidine rings is 1. The van der Waals surface area contributed by atoms with Crippen LogP contribution in [0.4, 0.5) is 0 Å². The smallest absolute Gasteiger partial charge is 0.332 e. The Morgan fingerprint density at radius 1 is 1.26 bits per heavy atom. The summed E-state index contributed by atoms with van der Waals surface area (Å²) >= 11 is 6.20. The van der Waals surface area contributed by atoms with E-state index in [2.05, 4.69) is 17.0 Å². The van der Waals surface area contributed by atoms with Crippen LogP contribution in [0.3, 0.4) is 0 Å². The minimum Gasteiger partial charge on any atom is -0.449 e. The SMILES string of the molecule is O=C1C=C2C=C(c3cccc(Cl)c3)[C@@H]3C[C@@]2(O1)[C@H]1CCCCN31. The molecule has 0 radical (unpaired) electrons. The third kappa shape index (κ3) is 1.84. The zero-order chi connectivity index (χ0) is 15.6. The maximum atomic E-state index is 12.0. The molecule has 118 valence electrons. The Balaban J connectivity index is 1.67. The number of fused-ring (bicyclic) bond motifs is 3. The van der Waals surface area contributed by atoms with E-state index in [0.717, 1.165) is 35.5 Å². The summed E-state index contributed by atoms with van der Waals surface area (Å²) in [5, 5.41) is 0.751. The number of benzene rings is 1. The van der Waals surface area contributed by atoms with Crippen LogP contribution in [0.2, 0.25) is 5.02 Å². The molecule has 23 heavy (non-hydrogen) atoms. The highest BCUT2D eigenvalue weighted by Crippen LogP contribution is 2.55. The normalized spacial score (nSPS) is 35.3. The summed E-state index contributed by atoms with van der Waals surface area (Å²) in [4.78, 5) is 14.6. The molecule has 0 saturated carbocycles. The van der Waals surface area contributed by atoms with Gasteiger partial charge < -0.3 is 4.74 Å². The lowest BCUT2D eigenvalue weighted by molar-refractivity contribution is -0.148. The van der Waals surface area contributed by atoms with Crippen LogP contribution in [0.15, 0.2) is 42.0 Å². The lowest BCUT2D eigenvalue weighted by Crippen LogP contribution is -2.48. The molecule has 0 unspecified atom stereocenters. The molecule has 4 heteroatoms. The standard InChI is InChI=1S/C19H18ClNO2/c20-14-5-3-4-12(8-14)15-9-13-10-18(22)23-19(13)11-16(15)21-7-2-1-6-17(19)21/h3-5,8-10,16-17H,1-2,6-7,11H2/t16-,17+,19-/m0/s1. The van der Waals surface area contributed by atoms with Gasteiger partial charge in [0.1, 0.15) is 0 Å². The monoisotopic (exact) mass is 327 g/mol. The Morgan fingerprint density at radius 3 is 3.04 bits per heavy atom. The van der Waals surface area contributed by atoms with Gasteiger partial charge in [-0.3, -0.25) is 4.90 Å². The molecule has 1 aromatic carbocycles. The van der Waals surface area contributed by atoms with Crippen molar-refractivity contribution >= 4 is 23.1 Å². The fraction of sp³-hybridized carbons (Fsp3) is 0.421. The number of carbonyl (C=O) groups is 1. The molecule has 2 bridgehead atoms. The Kier molecular flexibility index (Phi) is 2.83. The van der Waals surface area contributed by atoms with Crippen molar-refractivity contribution in [1.29, 1.82) is 0 Å². The van der Waals surface area contributed by atoms with Crippen molar-refractivity contribution in [2.75, 3.05) is 6.54 Å². The average Bonchev–Trinajstić information content (AvgIpc) is 3.03. The number of carbonyl (C=O) groups excluding carboxylic acids is 1. The fourth-order valence-corrected chi connectivity index (χ4v) is 5.16. The first-order valence-electron chi connectivity index (χ1n) is 8.36. The molecule has 0 N–H and O–H groups in total. The molecule has 3 atom stereocenters. The molecule has 3 nitrogen and oxygen atoms in total. The van der Waals surface area contributed by atoms with Gasteiger partial charge in [-0.05, 0) is 48.7 Å². The van der Waals surface area contributed by atoms with Gasteiger partial charge in [-0.15, -0.1) is 0 Å². The van der Waals surface area contributed by atoms with Crippen molar-refractivity contribution in [1.82, 2.24) is 4.90 Å². The van der Waals surface area contributed by atoms with Gasteiger partial charge in [0.25, 0.3) is 0 Å². The predicted octanol–water partition coefficient (Wildman–Crippen LogP) is 3.59. The molecular weight excluding hydrogens is 310 g/mol. The largest absolute Gasteiger partial charge is 0.449 e. The van der Waals surface area contributed by atoms with E-state index < -0.39 is 5.60 Å². The summed E-state index contributed by atoms with van der Waals surface area (Å²) < 4.78 is 5.88. The quantitative estimate of drug-likeness (QED) is 0.738. The zero-order valence-corrected chi connectivity index (χ0v) is 13.6. The van der Waals surface area contributed by atoms with Crippen molar-refractivity contribution in [3.05, 3.63) is 52.6 Å². The predicted molar refractivity (Wildman–Crippen MR) is 89.1 cm³/mol.